The quantitative estimate of drug-likeness (QED) is 0.808. The summed E-state index contributed by atoms with van der Waals surface area (Å²) in [7, 11) is 1.51. The van der Waals surface area contributed by atoms with Gasteiger partial charge in [0.05, 0.1) is 6.61 Å². The maximum Gasteiger partial charge on any atom is 0.328 e. The van der Waals surface area contributed by atoms with Crippen molar-refractivity contribution in [3.8, 4) is 0 Å². The van der Waals surface area contributed by atoms with Crippen molar-refractivity contribution in [1.29, 1.82) is 0 Å². The van der Waals surface area contributed by atoms with Crippen molar-refractivity contribution in [1.82, 2.24) is 10.2 Å². The van der Waals surface area contributed by atoms with Crippen molar-refractivity contribution in [2.75, 3.05) is 13.7 Å². The van der Waals surface area contributed by atoms with Crippen LogP contribution in [0.5, 0.6) is 0 Å². The molecule has 2 amide bonds. The molecular weight excluding hydrogens is 296 g/mol. The Morgan fingerprint density at radius 2 is 1.78 bits per heavy atom. The molecule has 0 fully saturated rings. The number of esters is 1. The van der Waals surface area contributed by atoms with E-state index in [1.165, 1.54) is 11.9 Å². The Bertz CT molecular complexity index is 569. The minimum atomic E-state index is -1.15. The molecule has 1 rings (SSSR count). The second-order valence-electron chi connectivity index (χ2n) is 5.79. The highest BCUT2D eigenvalue weighted by atomic mass is 16.5. The molecule has 1 aromatic rings. The molecule has 0 radical (unpaired) electrons. The van der Waals surface area contributed by atoms with E-state index in [-0.39, 0.29) is 18.4 Å². The predicted octanol–water partition coefficient (Wildman–Crippen LogP) is 1.60. The topological polar surface area (TPSA) is 75.7 Å². The molecule has 23 heavy (non-hydrogen) atoms. The molecule has 1 atom stereocenters. The van der Waals surface area contributed by atoms with E-state index in [4.69, 9.17) is 4.74 Å². The highest BCUT2D eigenvalue weighted by Crippen LogP contribution is 2.12. The van der Waals surface area contributed by atoms with Crippen LogP contribution in [0, 0.1) is 0 Å². The van der Waals surface area contributed by atoms with Gasteiger partial charge in [0.15, 0.2) is 0 Å². The van der Waals surface area contributed by atoms with E-state index in [0.717, 1.165) is 0 Å². The standard InChI is InChI=1S/C17H24N2O4/c1-6-23-15(21)12(2)19(5)16(22)17(3,4)18-14(20)13-10-8-7-9-11-13/h7-12H,6H2,1-5H3,(H,18,20)/t12-/m1/s1. The van der Waals surface area contributed by atoms with E-state index in [1.54, 1.807) is 52.0 Å². The number of likely N-dealkylation sites (N-methyl/N-ethyl adjacent to an activating group) is 1. The maximum atomic E-state index is 12.6. The number of rotatable bonds is 6. The molecule has 0 heterocycles. The number of nitrogens with zero attached hydrogens (tertiary/aromatic N) is 1. The lowest BCUT2D eigenvalue weighted by molar-refractivity contribution is -0.154. The van der Waals surface area contributed by atoms with Crippen molar-refractivity contribution in [2.45, 2.75) is 39.3 Å². The highest BCUT2D eigenvalue weighted by Gasteiger charge is 2.36. The van der Waals surface area contributed by atoms with E-state index < -0.39 is 17.6 Å². The number of amides is 2. The van der Waals surface area contributed by atoms with Crippen molar-refractivity contribution in [2.24, 2.45) is 0 Å². The summed E-state index contributed by atoms with van der Waals surface area (Å²) in [4.78, 5) is 37.8. The molecule has 1 N–H and O–H groups in total. The van der Waals surface area contributed by atoms with Gasteiger partial charge >= 0.3 is 5.97 Å². The molecule has 0 unspecified atom stereocenters. The van der Waals surface area contributed by atoms with E-state index in [9.17, 15) is 14.4 Å². The Labute approximate surface area is 136 Å². The van der Waals surface area contributed by atoms with Gasteiger partial charge < -0.3 is 15.0 Å². The summed E-state index contributed by atoms with van der Waals surface area (Å²) < 4.78 is 4.92. The van der Waals surface area contributed by atoms with E-state index >= 15 is 0 Å². The number of carbonyl (C=O) groups excluding carboxylic acids is 3. The zero-order chi connectivity index (χ0) is 17.6. The summed E-state index contributed by atoms with van der Waals surface area (Å²) in [6, 6.07) is 7.91. The summed E-state index contributed by atoms with van der Waals surface area (Å²) in [6.07, 6.45) is 0. The Kier molecular flexibility index (Phi) is 6.30. The number of benzene rings is 1. The SMILES string of the molecule is CCOC(=O)[C@@H](C)N(C)C(=O)C(C)(C)NC(=O)c1ccccc1. The fourth-order valence-corrected chi connectivity index (χ4v) is 2.04. The van der Waals surface area contributed by atoms with Gasteiger partial charge in [0.1, 0.15) is 11.6 Å². The second-order valence-corrected chi connectivity index (χ2v) is 5.79. The fraction of sp³-hybridized carbons (Fsp3) is 0.471. The molecule has 0 saturated carbocycles. The van der Waals surface area contributed by atoms with Gasteiger partial charge in [-0.2, -0.15) is 0 Å². The molecular formula is C17H24N2O4. The zero-order valence-corrected chi connectivity index (χ0v) is 14.3. The van der Waals surface area contributed by atoms with Gasteiger partial charge in [-0.25, -0.2) is 4.79 Å². The first kappa shape index (κ1) is 18.7. The summed E-state index contributed by atoms with van der Waals surface area (Å²) in [5.74, 6) is -1.20. The highest BCUT2D eigenvalue weighted by molar-refractivity contribution is 5.99. The summed E-state index contributed by atoms with van der Waals surface area (Å²) in [5.41, 5.74) is -0.683. The third-order valence-corrected chi connectivity index (χ3v) is 3.53. The smallest absolute Gasteiger partial charge is 0.328 e. The molecule has 6 nitrogen and oxygen atoms in total. The first-order valence-corrected chi connectivity index (χ1v) is 7.52. The normalized spacial score (nSPS) is 12.2. The van der Waals surface area contributed by atoms with Crippen LogP contribution >= 0.6 is 0 Å². The third-order valence-electron chi connectivity index (χ3n) is 3.53. The Morgan fingerprint density at radius 3 is 2.30 bits per heavy atom. The molecule has 126 valence electrons. The number of carbonyl (C=O) groups is 3. The van der Waals surface area contributed by atoms with Gasteiger partial charge in [0.2, 0.25) is 5.91 Å². The van der Waals surface area contributed by atoms with Gasteiger partial charge in [0.25, 0.3) is 5.91 Å². The zero-order valence-electron chi connectivity index (χ0n) is 14.3. The molecule has 0 aliphatic heterocycles. The van der Waals surface area contributed by atoms with Crippen LogP contribution in [0.3, 0.4) is 0 Å². The van der Waals surface area contributed by atoms with E-state index in [2.05, 4.69) is 5.32 Å². The summed E-state index contributed by atoms with van der Waals surface area (Å²) in [5, 5.41) is 2.70. The minimum Gasteiger partial charge on any atom is -0.464 e. The lowest BCUT2D eigenvalue weighted by atomic mass is 10.0. The number of hydrogen-bond acceptors (Lipinski definition) is 4. The first-order chi connectivity index (χ1) is 10.7. The average Bonchev–Trinajstić information content (AvgIpc) is 2.53. The van der Waals surface area contributed by atoms with Crippen molar-refractivity contribution < 1.29 is 19.1 Å². The Morgan fingerprint density at radius 1 is 1.22 bits per heavy atom. The molecule has 0 saturated heterocycles. The molecule has 1 aromatic carbocycles. The molecule has 0 aliphatic rings. The van der Waals surface area contributed by atoms with Crippen molar-refractivity contribution >= 4 is 17.8 Å². The van der Waals surface area contributed by atoms with Crippen LogP contribution in [0.15, 0.2) is 30.3 Å². The lowest BCUT2D eigenvalue weighted by Crippen LogP contribution is -2.57. The van der Waals surface area contributed by atoms with Gasteiger partial charge in [-0.1, -0.05) is 18.2 Å². The maximum absolute atomic E-state index is 12.6. The summed E-state index contributed by atoms with van der Waals surface area (Å²) >= 11 is 0. The minimum absolute atomic E-state index is 0.249. The van der Waals surface area contributed by atoms with Gasteiger partial charge in [-0.3, -0.25) is 9.59 Å². The summed E-state index contributed by atoms with van der Waals surface area (Å²) in [6.45, 7) is 6.75. The molecule has 0 bridgehead atoms. The van der Waals surface area contributed by atoms with Gasteiger partial charge in [-0.15, -0.1) is 0 Å². The predicted molar refractivity (Wildman–Crippen MR) is 86.9 cm³/mol. The van der Waals surface area contributed by atoms with Crippen LogP contribution in [0.1, 0.15) is 38.1 Å². The molecule has 0 aromatic heterocycles. The Balaban J connectivity index is 2.80. The molecule has 0 aliphatic carbocycles. The van der Waals surface area contributed by atoms with Crippen LogP contribution in [-0.2, 0) is 14.3 Å². The molecule has 0 spiro atoms. The van der Waals surface area contributed by atoms with Crippen LogP contribution in [0.2, 0.25) is 0 Å². The lowest BCUT2D eigenvalue weighted by Gasteiger charge is -2.32. The first-order valence-electron chi connectivity index (χ1n) is 7.52. The fourth-order valence-electron chi connectivity index (χ4n) is 2.04. The van der Waals surface area contributed by atoms with Crippen LogP contribution in [-0.4, -0.2) is 47.9 Å². The number of nitrogens with one attached hydrogen (secondary N) is 1. The van der Waals surface area contributed by atoms with Crippen LogP contribution in [0.25, 0.3) is 0 Å². The monoisotopic (exact) mass is 320 g/mol. The molecule has 6 heteroatoms. The number of ether oxygens (including phenoxy) is 1. The second kappa shape index (κ2) is 7.76. The van der Waals surface area contributed by atoms with E-state index in [0.29, 0.717) is 5.56 Å². The van der Waals surface area contributed by atoms with Crippen LogP contribution in [0.4, 0.5) is 0 Å². The third kappa shape index (κ3) is 4.81. The van der Waals surface area contributed by atoms with Crippen LogP contribution < -0.4 is 5.32 Å². The van der Waals surface area contributed by atoms with Gasteiger partial charge in [0, 0.05) is 12.6 Å². The van der Waals surface area contributed by atoms with Crippen molar-refractivity contribution in [3.05, 3.63) is 35.9 Å². The largest absolute Gasteiger partial charge is 0.464 e. The number of hydrogen-bond donors (Lipinski definition) is 1. The Hall–Kier alpha value is -2.37. The van der Waals surface area contributed by atoms with Crippen molar-refractivity contribution in [3.63, 3.8) is 0 Å². The van der Waals surface area contributed by atoms with E-state index in [1.807, 2.05) is 6.07 Å². The average molecular weight is 320 g/mol. The van der Waals surface area contributed by atoms with Gasteiger partial charge in [-0.05, 0) is 39.8 Å².